The minimum Gasteiger partial charge on any atom is -0.387 e. The van der Waals surface area contributed by atoms with Gasteiger partial charge in [-0.2, -0.15) is 0 Å². The number of nitrogens with one attached hydrogen (secondary N) is 2. The normalized spacial score (nSPS) is 12.5. The topological polar surface area (TPSA) is 78.4 Å². The van der Waals surface area contributed by atoms with Gasteiger partial charge in [-0.05, 0) is 41.9 Å². The van der Waals surface area contributed by atoms with Gasteiger partial charge in [-0.1, -0.05) is 54.6 Å². The number of hydrogen-bond donors (Lipinski definition) is 3. The van der Waals surface area contributed by atoms with Gasteiger partial charge in [0, 0.05) is 6.54 Å². The van der Waals surface area contributed by atoms with E-state index in [0.29, 0.717) is 5.56 Å². The van der Waals surface area contributed by atoms with Crippen molar-refractivity contribution in [3.8, 4) is 11.1 Å². The highest BCUT2D eigenvalue weighted by molar-refractivity contribution is 7.89. The Balaban J connectivity index is 1.66. The van der Waals surface area contributed by atoms with Gasteiger partial charge in [0.25, 0.3) is 0 Å². The molecular weight excluding hydrogens is 379 g/mol. The van der Waals surface area contributed by atoms with Crippen LogP contribution in [-0.2, 0) is 10.0 Å². The van der Waals surface area contributed by atoms with Crippen molar-refractivity contribution in [2.45, 2.75) is 11.0 Å². The maximum atomic E-state index is 14.2. The molecule has 146 valence electrons. The van der Waals surface area contributed by atoms with Crippen LogP contribution in [0.5, 0.6) is 0 Å². The summed E-state index contributed by atoms with van der Waals surface area (Å²) in [5.74, 6) is -0.706. The molecule has 1 atom stereocenters. The number of anilines is 1. The molecule has 0 aliphatic rings. The highest BCUT2D eigenvalue weighted by atomic mass is 32.2. The number of rotatable bonds is 7. The van der Waals surface area contributed by atoms with Crippen molar-refractivity contribution in [1.29, 1.82) is 0 Å². The van der Waals surface area contributed by atoms with E-state index < -0.39 is 21.9 Å². The van der Waals surface area contributed by atoms with E-state index in [-0.39, 0.29) is 17.1 Å². The second-order valence-corrected chi connectivity index (χ2v) is 8.12. The summed E-state index contributed by atoms with van der Waals surface area (Å²) in [7, 11) is -2.44. The van der Waals surface area contributed by atoms with Gasteiger partial charge in [-0.3, -0.25) is 0 Å². The summed E-state index contributed by atoms with van der Waals surface area (Å²) < 4.78 is 39.7. The van der Waals surface area contributed by atoms with E-state index in [0.717, 1.165) is 17.2 Å². The first-order valence-corrected chi connectivity index (χ1v) is 10.2. The lowest BCUT2D eigenvalue weighted by Gasteiger charge is -2.15. The van der Waals surface area contributed by atoms with Crippen molar-refractivity contribution in [2.75, 3.05) is 18.9 Å². The van der Waals surface area contributed by atoms with Gasteiger partial charge < -0.3 is 10.4 Å². The van der Waals surface area contributed by atoms with E-state index in [1.807, 2.05) is 54.6 Å². The van der Waals surface area contributed by atoms with Crippen LogP contribution in [0.1, 0.15) is 11.7 Å². The molecule has 0 saturated carbocycles. The van der Waals surface area contributed by atoms with Crippen molar-refractivity contribution >= 4 is 15.7 Å². The average molecular weight is 400 g/mol. The Morgan fingerprint density at radius 2 is 1.61 bits per heavy atom. The molecule has 0 saturated heterocycles. The first-order chi connectivity index (χ1) is 13.4. The Hall–Kier alpha value is -2.74. The number of hydrogen-bond acceptors (Lipinski definition) is 4. The molecule has 0 aliphatic heterocycles. The molecule has 0 aromatic heterocycles. The van der Waals surface area contributed by atoms with Gasteiger partial charge in [-0.15, -0.1) is 0 Å². The minimum absolute atomic E-state index is 0.0831. The summed E-state index contributed by atoms with van der Waals surface area (Å²) in [6, 6.07) is 21.0. The van der Waals surface area contributed by atoms with Crippen LogP contribution in [0, 0.1) is 5.82 Å². The van der Waals surface area contributed by atoms with Crippen LogP contribution in [0.4, 0.5) is 10.1 Å². The number of halogens is 1. The highest BCUT2D eigenvalue weighted by Gasteiger charge is 2.15. The summed E-state index contributed by atoms with van der Waals surface area (Å²) in [6.07, 6.45) is -0.843. The third kappa shape index (κ3) is 4.56. The number of sulfonamides is 1. The monoisotopic (exact) mass is 400 g/mol. The van der Waals surface area contributed by atoms with Crippen LogP contribution in [0.15, 0.2) is 77.7 Å². The van der Waals surface area contributed by atoms with Gasteiger partial charge in [0.1, 0.15) is 5.82 Å². The predicted octanol–water partition coefficient (Wildman–Crippen LogP) is 3.55. The van der Waals surface area contributed by atoms with E-state index in [4.69, 9.17) is 0 Å². The molecule has 3 aromatic carbocycles. The largest absolute Gasteiger partial charge is 0.387 e. The Bertz CT molecular complexity index is 1040. The SMILES string of the molecule is CNS(=O)(=O)c1ccc(NCC(O)c2ccc(-c3ccccc3)cc2)c(F)c1. The molecule has 3 aromatic rings. The third-order valence-electron chi connectivity index (χ3n) is 4.41. The van der Waals surface area contributed by atoms with Crippen LogP contribution in [-0.4, -0.2) is 27.1 Å². The molecule has 28 heavy (non-hydrogen) atoms. The molecule has 0 bridgehead atoms. The van der Waals surface area contributed by atoms with E-state index in [2.05, 4.69) is 10.0 Å². The Kier molecular flexibility index (Phi) is 6.08. The summed E-state index contributed by atoms with van der Waals surface area (Å²) in [5, 5.41) is 13.2. The van der Waals surface area contributed by atoms with Gasteiger partial charge in [0.05, 0.1) is 16.7 Å². The van der Waals surface area contributed by atoms with Crippen LogP contribution in [0.25, 0.3) is 11.1 Å². The van der Waals surface area contributed by atoms with E-state index in [9.17, 15) is 17.9 Å². The Labute approximate surface area is 163 Å². The smallest absolute Gasteiger partial charge is 0.240 e. The van der Waals surface area contributed by atoms with E-state index in [1.54, 1.807) is 0 Å². The van der Waals surface area contributed by atoms with Crippen LogP contribution in [0.3, 0.4) is 0 Å². The quantitative estimate of drug-likeness (QED) is 0.567. The summed E-state index contributed by atoms with van der Waals surface area (Å²) in [4.78, 5) is -0.157. The van der Waals surface area contributed by atoms with Crippen LogP contribution < -0.4 is 10.0 Å². The maximum absolute atomic E-state index is 14.2. The Morgan fingerprint density at radius 1 is 0.964 bits per heavy atom. The fourth-order valence-electron chi connectivity index (χ4n) is 2.78. The highest BCUT2D eigenvalue weighted by Crippen LogP contribution is 2.23. The van der Waals surface area contributed by atoms with Gasteiger partial charge >= 0.3 is 0 Å². The van der Waals surface area contributed by atoms with Crippen LogP contribution in [0.2, 0.25) is 0 Å². The first-order valence-electron chi connectivity index (χ1n) is 8.71. The van der Waals surface area contributed by atoms with Crippen molar-refractivity contribution in [3.63, 3.8) is 0 Å². The first kappa shape index (κ1) is 20.0. The molecule has 0 spiro atoms. The zero-order chi connectivity index (χ0) is 20.1. The van der Waals surface area contributed by atoms with Gasteiger partial charge in [-0.25, -0.2) is 17.5 Å². The number of aliphatic hydroxyl groups excluding tert-OH is 1. The minimum atomic E-state index is -3.71. The third-order valence-corrected chi connectivity index (χ3v) is 5.82. The second-order valence-electron chi connectivity index (χ2n) is 6.23. The second kappa shape index (κ2) is 8.52. The molecule has 5 nitrogen and oxygen atoms in total. The number of aliphatic hydroxyl groups is 1. The fourth-order valence-corrected chi connectivity index (χ4v) is 3.52. The molecule has 0 radical (unpaired) electrons. The molecule has 7 heteroatoms. The Morgan fingerprint density at radius 3 is 2.21 bits per heavy atom. The summed E-state index contributed by atoms with van der Waals surface area (Å²) >= 11 is 0. The lowest BCUT2D eigenvalue weighted by atomic mass is 10.0. The molecule has 1 unspecified atom stereocenters. The molecule has 3 rings (SSSR count). The molecular formula is C21H21FN2O3S. The van der Waals surface area contributed by atoms with Gasteiger partial charge in [0.15, 0.2) is 0 Å². The van der Waals surface area contributed by atoms with Crippen molar-refractivity contribution < 1.29 is 17.9 Å². The summed E-state index contributed by atoms with van der Waals surface area (Å²) in [6.45, 7) is 0.0831. The van der Waals surface area contributed by atoms with Crippen molar-refractivity contribution in [3.05, 3.63) is 84.2 Å². The summed E-state index contributed by atoms with van der Waals surface area (Å²) in [5.41, 5.74) is 2.94. The number of benzene rings is 3. The fraction of sp³-hybridized carbons (Fsp3) is 0.143. The lowest BCUT2D eigenvalue weighted by Crippen LogP contribution is -2.19. The molecule has 3 N–H and O–H groups in total. The predicted molar refractivity (Wildman–Crippen MR) is 108 cm³/mol. The zero-order valence-electron chi connectivity index (χ0n) is 15.3. The van der Waals surface area contributed by atoms with E-state index >= 15 is 0 Å². The zero-order valence-corrected chi connectivity index (χ0v) is 16.1. The average Bonchev–Trinajstić information content (AvgIpc) is 2.73. The van der Waals surface area contributed by atoms with Gasteiger partial charge in [0.2, 0.25) is 10.0 Å². The van der Waals surface area contributed by atoms with Crippen LogP contribution >= 0.6 is 0 Å². The molecule has 0 heterocycles. The van der Waals surface area contributed by atoms with Crippen molar-refractivity contribution in [2.24, 2.45) is 0 Å². The maximum Gasteiger partial charge on any atom is 0.240 e. The lowest BCUT2D eigenvalue weighted by molar-refractivity contribution is 0.191. The van der Waals surface area contributed by atoms with E-state index in [1.165, 1.54) is 19.2 Å². The molecule has 0 fully saturated rings. The molecule has 0 aliphatic carbocycles. The van der Waals surface area contributed by atoms with Crippen molar-refractivity contribution in [1.82, 2.24) is 4.72 Å². The molecule has 0 amide bonds. The standard InChI is InChI=1S/C21H21FN2O3S/c1-23-28(26,27)18-11-12-20(19(22)13-18)24-14-21(25)17-9-7-16(8-10-17)15-5-3-2-4-6-15/h2-13,21,23-25H,14H2,1H3.